The van der Waals surface area contributed by atoms with Crippen molar-refractivity contribution in [1.29, 1.82) is 0 Å². The second-order valence-electron chi connectivity index (χ2n) is 5.38. The van der Waals surface area contributed by atoms with E-state index < -0.39 is 17.2 Å². The van der Waals surface area contributed by atoms with Crippen LogP contribution in [0.25, 0.3) is 0 Å². The monoisotopic (exact) mass is 244 g/mol. The minimum atomic E-state index is -4.33. The van der Waals surface area contributed by atoms with Crippen LogP contribution < -0.4 is 0 Å². The van der Waals surface area contributed by atoms with Gasteiger partial charge in [-0.1, -0.05) is 32.0 Å². The third-order valence-corrected chi connectivity index (χ3v) is 3.93. The van der Waals surface area contributed by atoms with E-state index in [4.69, 9.17) is 0 Å². The summed E-state index contributed by atoms with van der Waals surface area (Å²) in [6, 6.07) is 5.29. The molecule has 1 aromatic carbocycles. The molecule has 17 heavy (non-hydrogen) atoms. The Balaban J connectivity index is 2.42. The zero-order chi connectivity index (χ0) is 12.9. The number of hydrogen-bond acceptors (Lipinski definition) is 1. The van der Waals surface area contributed by atoms with Gasteiger partial charge in [-0.2, -0.15) is 13.2 Å². The average molecular weight is 244 g/mol. The fourth-order valence-electron chi connectivity index (χ4n) is 2.56. The zero-order valence-electron chi connectivity index (χ0n) is 9.80. The van der Waals surface area contributed by atoms with E-state index in [1.807, 2.05) is 13.8 Å². The normalized spacial score (nSPS) is 26.9. The van der Waals surface area contributed by atoms with Crippen molar-refractivity contribution in [2.45, 2.75) is 31.9 Å². The lowest BCUT2D eigenvalue weighted by Crippen LogP contribution is -2.20. The van der Waals surface area contributed by atoms with Crippen molar-refractivity contribution in [2.24, 2.45) is 5.41 Å². The third kappa shape index (κ3) is 1.84. The van der Waals surface area contributed by atoms with E-state index in [9.17, 15) is 18.3 Å². The first-order chi connectivity index (χ1) is 7.73. The molecule has 0 spiro atoms. The number of aliphatic hydroxyl groups excluding tert-OH is 1. The summed E-state index contributed by atoms with van der Waals surface area (Å²) >= 11 is 0. The van der Waals surface area contributed by atoms with Crippen LogP contribution in [0.3, 0.4) is 0 Å². The molecule has 0 aromatic heterocycles. The highest BCUT2D eigenvalue weighted by atomic mass is 19.4. The van der Waals surface area contributed by atoms with Gasteiger partial charge in [0.25, 0.3) is 0 Å². The van der Waals surface area contributed by atoms with E-state index in [2.05, 4.69) is 0 Å². The summed E-state index contributed by atoms with van der Waals surface area (Å²) in [5.74, 6) is 0. The minimum absolute atomic E-state index is 0.110. The van der Waals surface area contributed by atoms with Crippen molar-refractivity contribution in [3.63, 3.8) is 0 Å². The highest BCUT2D eigenvalue weighted by molar-refractivity contribution is 5.40. The number of halogens is 3. The molecular weight excluding hydrogens is 229 g/mol. The predicted molar refractivity (Wildman–Crippen MR) is 58.6 cm³/mol. The Labute approximate surface area is 98.3 Å². The van der Waals surface area contributed by atoms with Crippen LogP contribution in [0, 0.1) is 5.41 Å². The maximum absolute atomic E-state index is 12.6. The highest BCUT2D eigenvalue weighted by Crippen LogP contribution is 2.64. The van der Waals surface area contributed by atoms with Gasteiger partial charge in [0.15, 0.2) is 0 Å². The van der Waals surface area contributed by atoms with E-state index in [0.29, 0.717) is 5.56 Å². The lowest BCUT2D eigenvalue weighted by atomic mass is 9.88. The van der Waals surface area contributed by atoms with Crippen LogP contribution in [0.5, 0.6) is 0 Å². The zero-order valence-corrected chi connectivity index (χ0v) is 9.80. The minimum Gasteiger partial charge on any atom is -0.395 e. The molecular formula is C13H15F3O. The number of aliphatic hydroxyl groups is 1. The first-order valence-electron chi connectivity index (χ1n) is 5.52. The maximum Gasteiger partial charge on any atom is 0.416 e. The Kier molecular flexibility index (Phi) is 2.54. The summed E-state index contributed by atoms with van der Waals surface area (Å²) in [7, 11) is 0. The van der Waals surface area contributed by atoms with Crippen LogP contribution in [0.2, 0.25) is 0 Å². The molecule has 0 amide bonds. The van der Waals surface area contributed by atoms with Gasteiger partial charge < -0.3 is 5.11 Å². The summed E-state index contributed by atoms with van der Waals surface area (Å²) in [4.78, 5) is 0. The Morgan fingerprint density at radius 3 is 2.29 bits per heavy atom. The quantitative estimate of drug-likeness (QED) is 0.845. The Morgan fingerprint density at radius 1 is 1.29 bits per heavy atom. The Hall–Kier alpha value is -1.03. The second-order valence-corrected chi connectivity index (χ2v) is 5.38. The van der Waals surface area contributed by atoms with Crippen molar-refractivity contribution in [3.8, 4) is 0 Å². The van der Waals surface area contributed by atoms with Gasteiger partial charge in [0.05, 0.1) is 12.2 Å². The molecule has 1 nitrogen and oxygen atoms in total. The van der Waals surface area contributed by atoms with Gasteiger partial charge in [-0.3, -0.25) is 0 Å². The molecule has 1 saturated carbocycles. The SMILES string of the molecule is CC1(C)CC1(CO)c1cccc(C(F)(F)F)c1. The molecule has 94 valence electrons. The maximum atomic E-state index is 12.6. The molecule has 4 heteroatoms. The van der Waals surface area contributed by atoms with Crippen molar-refractivity contribution in [1.82, 2.24) is 0 Å². The topological polar surface area (TPSA) is 20.2 Å². The Morgan fingerprint density at radius 2 is 1.88 bits per heavy atom. The molecule has 0 aliphatic heterocycles. The fourth-order valence-corrected chi connectivity index (χ4v) is 2.56. The van der Waals surface area contributed by atoms with Crippen molar-refractivity contribution in [2.75, 3.05) is 6.61 Å². The van der Waals surface area contributed by atoms with Crippen LogP contribution in [0.1, 0.15) is 31.4 Å². The molecule has 1 unspecified atom stereocenters. The fraction of sp³-hybridized carbons (Fsp3) is 0.538. The van der Waals surface area contributed by atoms with Crippen molar-refractivity contribution in [3.05, 3.63) is 35.4 Å². The largest absolute Gasteiger partial charge is 0.416 e. The summed E-state index contributed by atoms with van der Waals surface area (Å²) in [6.45, 7) is 3.81. The molecule has 0 bridgehead atoms. The average Bonchev–Trinajstić information content (AvgIpc) is 2.81. The van der Waals surface area contributed by atoms with Gasteiger partial charge in [-0.15, -0.1) is 0 Å². The first kappa shape index (κ1) is 12.4. The molecule has 1 N–H and O–H groups in total. The van der Waals surface area contributed by atoms with E-state index in [0.717, 1.165) is 18.6 Å². The second kappa shape index (κ2) is 3.48. The molecule has 1 aromatic rings. The van der Waals surface area contributed by atoms with Crippen LogP contribution >= 0.6 is 0 Å². The molecule has 2 rings (SSSR count). The molecule has 1 aliphatic rings. The lowest BCUT2D eigenvalue weighted by molar-refractivity contribution is -0.137. The molecule has 0 radical (unpaired) electrons. The van der Waals surface area contributed by atoms with Gasteiger partial charge >= 0.3 is 6.18 Å². The molecule has 1 aliphatic carbocycles. The van der Waals surface area contributed by atoms with Crippen LogP contribution in [-0.2, 0) is 11.6 Å². The third-order valence-electron chi connectivity index (χ3n) is 3.93. The van der Waals surface area contributed by atoms with Gasteiger partial charge in [-0.25, -0.2) is 0 Å². The van der Waals surface area contributed by atoms with E-state index in [1.54, 1.807) is 6.07 Å². The number of benzene rings is 1. The van der Waals surface area contributed by atoms with Crippen molar-refractivity contribution < 1.29 is 18.3 Å². The number of hydrogen-bond donors (Lipinski definition) is 1. The molecule has 0 saturated heterocycles. The van der Waals surface area contributed by atoms with Crippen LogP contribution in [0.15, 0.2) is 24.3 Å². The number of rotatable bonds is 2. The first-order valence-corrected chi connectivity index (χ1v) is 5.52. The summed E-state index contributed by atoms with van der Waals surface area (Å²) in [5.41, 5.74) is -0.703. The summed E-state index contributed by atoms with van der Waals surface area (Å²) in [6.07, 6.45) is -3.61. The smallest absolute Gasteiger partial charge is 0.395 e. The highest BCUT2D eigenvalue weighted by Gasteiger charge is 2.61. The predicted octanol–water partition coefficient (Wildman–Crippen LogP) is 3.37. The van der Waals surface area contributed by atoms with Gasteiger partial charge in [0.1, 0.15) is 0 Å². The number of alkyl halides is 3. The van der Waals surface area contributed by atoms with Gasteiger partial charge in [-0.05, 0) is 23.5 Å². The van der Waals surface area contributed by atoms with Gasteiger partial charge in [0, 0.05) is 5.41 Å². The summed E-state index contributed by atoms with van der Waals surface area (Å²) < 4.78 is 37.8. The van der Waals surface area contributed by atoms with E-state index >= 15 is 0 Å². The Bertz CT molecular complexity index is 437. The lowest BCUT2D eigenvalue weighted by Gasteiger charge is -2.19. The summed E-state index contributed by atoms with van der Waals surface area (Å²) in [5, 5.41) is 9.46. The molecule has 1 atom stereocenters. The van der Waals surface area contributed by atoms with E-state index in [-0.39, 0.29) is 12.0 Å². The van der Waals surface area contributed by atoms with Crippen LogP contribution in [-0.4, -0.2) is 11.7 Å². The standard InChI is InChI=1S/C13H15F3O/c1-11(2)7-12(11,8-17)9-4-3-5-10(6-9)13(14,15)16/h3-6,17H,7-8H2,1-2H3. The molecule has 1 fully saturated rings. The van der Waals surface area contributed by atoms with Gasteiger partial charge in [0.2, 0.25) is 0 Å². The molecule has 0 heterocycles. The van der Waals surface area contributed by atoms with Crippen LogP contribution in [0.4, 0.5) is 13.2 Å². The van der Waals surface area contributed by atoms with Crippen molar-refractivity contribution >= 4 is 0 Å². The van der Waals surface area contributed by atoms with E-state index in [1.165, 1.54) is 6.07 Å².